The Balaban J connectivity index is 2.38. The molecule has 0 bridgehead atoms. The molecule has 0 N–H and O–H groups in total. The van der Waals surface area contributed by atoms with Gasteiger partial charge in [0.2, 0.25) is 0 Å². The highest BCUT2D eigenvalue weighted by molar-refractivity contribution is 7.98. The fraction of sp³-hybridized carbons (Fsp3) is 0.750. The van der Waals surface area contributed by atoms with Gasteiger partial charge in [0.15, 0.2) is 0 Å². The summed E-state index contributed by atoms with van der Waals surface area (Å²) in [6.45, 7) is 2.17. The zero-order valence-electron chi connectivity index (χ0n) is 3.72. The zero-order chi connectivity index (χ0) is 4.41. The molecule has 0 amide bonds. The van der Waals surface area contributed by atoms with Crippen molar-refractivity contribution in [3.63, 3.8) is 0 Å². The van der Waals surface area contributed by atoms with Crippen LogP contribution < -0.4 is 0 Å². The maximum atomic E-state index is 3.96. The van der Waals surface area contributed by atoms with Gasteiger partial charge in [0.05, 0.1) is 0 Å². The van der Waals surface area contributed by atoms with E-state index in [-0.39, 0.29) is 0 Å². The topological polar surface area (TPSA) is 12.4 Å². The van der Waals surface area contributed by atoms with Crippen molar-refractivity contribution in [2.24, 2.45) is 10.3 Å². The monoisotopic (exact) mass is 101 g/mol. The summed E-state index contributed by atoms with van der Waals surface area (Å²) in [5.41, 5.74) is 0. The molecule has 1 nitrogen and oxygen atoms in total. The van der Waals surface area contributed by atoms with Crippen LogP contribution in [-0.2, 0) is 0 Å². The van der Waals surface area contributed by atoms with Crippen molar-refractivity contribution in [2.75, 3.05) is 5.75 Å². The summed E-state index contributed by atoms with van der Waals surface area (Å²) in [5, 5.41) is 0. The lowest BCUT2D eigenvalue weighted by Gasteiger charge is -1.85. The van der Waals surface area contributed by atoms with Gasteiger partial charge in [0.25, 0.3) is 0 Å². The Labute approximate surface area is 42.0 Å². The third-order valence-electron chi connectivity index (χ3n) is 0.727. The van der Waals surface area contributed by atoms with Crippen molar-refractivity contribution in [3.8, 4) is 0 Å². The summed E-state index contributed by atoms with van der Waals surface area (Å²) in [6.07, 6.45) is 1.99. The lowest BCUT2D eigenvalue weighted by atomic mass is 10.3. The Morgan fingerprint density at radius 1 is 2.00 bits per heavy atom. The van der Waals surface area contributed by atoms with Crippen molar-refractivity contribution in [2.45, 2.75) is 6.92 Å². The van der Waals surface area contributed by atoms with Crippen LogP contribution in [-0.4, -0.2) is 12.0 Å². The summed E-state index contributed by atoms with van der Waals surface area (Å²) < 4.78 is 3.96. The third kappa shape index (κ3) is 0.744. The molecule has 1 heterocycles. The van der Waals surface area contributed by atoms with Crippen molar-refractivity contribution < 1.29 is 0 Å². The molecule has 0 spiro atoms. The van der Waals surface area contributed by atoms with E-state index < -0.39 is 0 Å². The van der Waals surface area contributed by atoms with Gasteiger partial charge in [-0.05, 0) is 11.9 Å². The SMILES string of the molecule is CC1C=NSC1. The van der Waals surface area contributed by atoms with Gasteiger partial charge in [-0.25, -0.2) is 4.40 Å². The highest BCUT2D eigenvalue weighted by Gasteiger charge is 2.01. The van der Waals surface area contributed by atoms with Crippen LogP contribution in [0.5, 0.6) is 0 Å². The van der Waals surface area contributed by atoms with Crippen LogP contribution in [0.2, 0.25) is 0 Å². The van der Waals surface area contributed by atoms with E-state index in [1.807, 2.05) is 6.21 Å². The van der Waals surface area contributed by atoms with E-state index in [0.717, 1.165) is 5.92 Å². The number of rotatable bonds is 0. The Bertz CT molecular complexity index is 69.9. The van der Waals surface area contributed by atoms with E-state index in [2.05, 4.69) is 11.3 Å². The second kappa shape index (κ2) is 1.65. The third-order valence-corrected chi connectivity index (χ3v) is 1.67. The van der Waals surface area contributed by atoms with Gasteiger partial charge in [-0.2, -0.15) is 0 Å². The Morgan fingerprint density at radius 3 is 3.00 bits per heavy atom. The van der Waals surface area contributed by atoms with Crippen molar-refractivity contribution in [3.05, 3.63) is 0 Å². The van der Waals surface area contributed by atoms with Gasteiger partial charge in [-0.3, -0.25) is 0 Å². The lowest BCUT2D eigenvalue weighted by molar-refractivity contribution is 0.941. The second-order valence-electron chi connectivity index (χ2n) is 1.53. The van der Waals surface area contributed by atoms with E-state index in [1.54, 1.807) is 11.9 Å². The smallest absolute Gasteiger partial charge is 0.0228 e. The van der Waals surface area contributed by atoms with Crippen molar-refractivity contribution in [1.29, 1.82) is 0 Å². The first-order valence-electron chi connectivity index (χ1n) is 2.05. The molecule has 0 aromatic rings. The summed E-state index contributed by atoms with van der Waals surface area (Å²) >= 11 is 1.65. The zero-order valence-corrected chi connectivity index (χ0v) is 4.53. The van der Waals surface area contributed by atoms with Gasteiger partial charge in [0, 0.05) is 17.9 Å². The molecule has 1 rings (SSSR count). The number of hydrogen-bond donors (Lipinski definition) is 0. The molecule has 0 fully saturated rings. The summed E-state index contributed by atoms with van der Waals surface area (Å²) in [4.78, 5) is 0. The second-order valence-corrected chi connectivity index (χ2v) is 2.33. The van der Waals surface area contributed by atoms with Crippen molar-refractivity contribution in [1.82, 2.24) is 0 Å². The van der Waals surface area contributed by atoms with Crippen molar-refractivity contribution >= 4 is 18.2 Å². The molecule has 0 aromatic carbocycles. The summed E-state index contributed by atoms with van der Waals surface area (Å²) in [5.74, 6) is 1.90. The molecule has 0 saturated carbocycles. The first-order valence-corrected chi connectivity index (χ1v) is 2.99. The Morgan fingerprint density at radius 2 is 2.83 bits per heavy atom. The molecule has 0 radical (unpaired) electrons. The molecule has 2 heteroatoms. The van der Waals surface area contributed by atoms with Crippen LogP contribution in [0.15, 0.2) is 4.40 Å². The average molecular weight is 101 g/mol. The van der Waals surface area contributed by atoms with Crippen LogP contribution in [0.1, 0.15) is 6.92 Å². The quantitative estimate of drug-likeness (QED) is 0.420. The molecule has 6 heavy (non-hydrogen) atoms. The molecule has 0 aromatic heterocycles. The standard InChI is InChI=1S/C4H7NS/c1-4-2-5-6-3-4/h2,4H,3H2,1H3. The number of nitrogens with zero attached hydrogens (tertiary/aromatic N) is 1. The molecule has 1 unspecified atom stereocenters. The van der Waals surface area contributed by atoms with E-state index in [0.29, 0.717) is 0 Å². The molecule has 0 saturated heterocycles. The first-order chi connectivity index (χ1) is 2.89. The normalized spacial score (nSPS) is 31.8. The predicted octanol–water partition coefficient (Wildman–Crippen LogP) is 1.36. The molecule has 34 valence electrons. The maximum Gasteiger partial charge on any atom is 0.0228 e. The van der Waals surface area contributed by atoms with Gasteiger partial charge in [0.1, 0.15) is 0 Å². The molecule has 1 aliphatic rings. The Kier molecular flexibility index (Phi) is 1.15. The van der Waals surface area contributed by atoms with Crippen LogP contribution in [0.3, 0.4) is 0 Å². The minimum Gasteiger partial charge on any atom is -0.229 e. The predicted molar refractivity (Wildman–Crippen MR) is 30.1 cm³/mol. The van der Waals surface area contributed by atoms with Crippen LogP contribution in [0.25, 0.3) is 0 Å². The van der Waals surface area contributed by atoms with E-state index in [1.165, 1.54) is 5.75 Å². The van der Waals surface area contributed by atoms with Crippen LogP contribution in [0, 0.1) is 5.92 Å². The van der Waals surface area contributed by atoms with E-state index in [4.69, 9.17) is 0 Å². The minimum absolute atomic E-state index is 0.718. The highest BCUT2D eigenvalue weighted by atomic mass is 32.2. The van der Waals surface area contributed by atoms with Gasteiger partial charge in [-0.1, -0.05) is 6.92 Å². The molecule has 1 atom stereocenters. The first kappa shape index (κ1) is 4.19. The van der Waals surface area contributed by atoms with Crippen LogP contribution in [0.4, 0.5) is 0 Å². The van der Waals surface area contributed by atoms with Gasteiger partial charge in [-0.15, -0.1) is 0 Å². The number of hydrogen-bond acceptors (Lipinski definition) is 2. The fourth-order valence-electron chi connectivity index (χ4n) is 0.351. The van der Waals surface area contributed by atoms with Gasteiger partial charge >= 0.3 is 0 Å². The highest BCUT2D eigenvalue weighted by Crippen LogP contribution is 2.14. The summed E-state index contributed by atoms with van der Waals surface area (Å²) in [7, 11) is 0. The largest absolute Gasteiger partial charge is 0.229 e. The summed E-state index contributed by atoms with van der Waals surface area (Å²) in [6, 6.07) is 0. The average Bonchev–Trinajstić information content (AvgIpc) is 1.86. The van der Waals surface area contributed by atoms with E-state index >= 15 is 0 Å². The van der Waals surface area contributed by atoms with E-state index in [9.17, 15) is 0 Å². The maximum absolute atomic E-state index is 3.96. The molecule has 0 aliphatic carbocycles. The Hall–Kier alpha value is 0.0200. The fourth-order valence-corrected chi connectivity index (χ4v) is 1.05. The lowest BCUT2D eigenvalue weighted by Crippen LogP contribution is -1.89. The van der Waals surface area contributed by atoms with Crippen LogP contribution >= 0.6 is 11.9 Å². The molecular formula is C4H7NS. The van der Waals surface area contributed by atoms with Gasteiger partial charge < -0.3 is 0 Å². The molecular weight excluding hydrogens is 94.1 g/mol. The molecule has 1 aliphatic heterocycles. The minimum atomic E-state index is 0.718.